The third kappa shape index (κ3) is 2.56. The van der Waals surface area contributed by atoms with Crippen molar-refractivity contribution in [2.75, 3.05) is 13.1 Å². The van der Waals surface area contributed by atoms with Crippen molar-refractivity contribution in [1.29, 1.82) is 0 Å². The fraction of sp³-hybridized carbons (Fsp3) is 0.333. The summed E-state index contributed by atoms with van der Waals surface area (Å²) in [7, 11) is 0. The van der Waals surface area contributed by atoms with Crippen molar-refractivity contribution >= 4 is 22.9 Å². The van der Waals surface area contributed by atoms with Gasteiger partial charge in [-0.05, 0) is 35.1 Å². The SMILES string of the molecule is NCC(c1ccccc1Cl)N1CCc2sccc2C1. The summed E-state index contributed by atoms with van der Waals surface area (Å²) in [6.07, 6.45) is 1.12. The maximum Gasteiger partial charge on any atom is 0.0488 e. The lowest BCUT2D eigenvalue weighted by Gasteiger charge is -2.34. The van der Waals surface area contributed by atoms with Crippen LogP contribution in [0.5, 0.6) is 0 Å². The Kier molecular flexibility index (Phi) is 3.89. The van der Waals surface area contributed by atoms with Crippen molar-refractivity contribution in [3.05, 3.63) is 56.7 Å². The van der Waals surface area contributed by atoms with Crippen LogP contribution < -0.4 is 5.73 Å². The Balaban J connectivity index is 1.86. The molecule has 0 fully saturated rings. The van der Waals surface area contributed by atoms with Gasteiger partial charge in [0.15, 0.2) is 0 Å². The molecule has 0 saturated carbocycles. The highest BCUT2D eigenvalue weighted by Gasteiger charge is 2.25. The van der Waals surface area contributed by atoms with Crippen LogP contribution in [0.4, 0.5) is 0 Å². The Bertz CT molecular complexity index is 567. The zero-order valence-corrected chi connectivity index (χ0v) is 12.3. The number of halogens is 1. The monoisotopic (exact) mass is 292 g/mol. The molecule has 100 valence electrons. The first-order valence-electron chi connectivity index (χ1n) is 6.53. The number of thiophene rings is 1. The summed E-state index contributed by atoms with van der Waals surface area (Å²) in [4.78, 5) is 3.96. The summed E-state index contributed by atoms with van der Waals surface area (Å²) in [5.41, 5.74) is 8.59. The third-order valence-corrected chi connectivity index (χ3v) is 5.13. The van der Waals surface area contributed by atoms with Gasteiger partial charge in [-0.25, -0.2) is 0 Å². The predicted octanol–water partition coefficient (Wildman–Crippen LogP) is 3.46. The van der Waals surface area contributed by atoms with Crippen LogP contribution in [-0.4, -0.2) is 18.0 Å². The van der Waals surface area contributed by atoms with E-state index in [4.69, 9.17) is 17.3 Å². The van der Waals surface area contributed by atoms with E-state index >= 15 is 0 Å². The molecule has 2 heterocycles. The standard InChI is InChI=1S/C15H17ClN2S/c16-13-4-2-1-3-12(13)14(9-17)18-7-5-15-11(10-18)6-8-19-15/h1-4,6,8,14H,5,7,9-10,17H2. The second kappa shape index (κ2) is 5.63. The molecule has 1 unspecified atom stereocenters. The van der Waals surface area contributed by atoms with Gasteiger partial charge in [-0.15, -0.1) is 11.3 Å². The second-order valence-corrected chi connectivity index (χ2v) is 6.27. The van der Waals surface area contributed by atoms with Crippen molar-refractivity contribution in [1.82, 2.24) is 4.90 Å². The molecule has 2 nitrogen and oxygen atoms in total. The fourth-order valence-corrected chi connectivity index (χ4v) is 3.91. The number of fused-ring (bicyclic) bond motifs is 1. The average molecular weight is 293 g/mol. The van der Waals surface area contributed by atoms with Crippen molar-refractivity contribution < 1.29 is 0 Å². The number of nitrogens with zero attached hydrogens (tertiary/aromatic N) is 1. The highest BCUT2D eigenvalue weighted by Crippen LogP contribution is 2.32. The van der Waals surface area contributed by atoms with Crippen LogP contribution in [-0.2, 0) is 13.0 Å². The molecule has 19 heavy (non-hydrogen) atoms. The van der Waals surface area contributed by atoms with Gasteiger partial charge in [0.25, 0.3) is 0 Å². The first kappa shape index (κ1) is 13.1. The highest BCUT2D eigenvalue weighted by atomic mass is 35.5. The van der Waals surface area contributed by atoms with Gasteiger partial charge in [0.1, 0.15) is 0 Å². The third-order valence-electron chi connectivity index (χ3n) is 3.77. The Morgan fingerprint density at radius 1 is 1.32 bits per heavy atom. The van der Waals surface area contributed by atoms with E-state index in [1.54, 1.807) is 0 Å². The van der Waals surface area contributed by atoms with Crippen LogP contribution in [0.15, 0.2) is 35.7 Å². The second-order valence-electron chi connectivity index (χ2n) is 4.86. The summed E-state index contributed by atoms with van der Waals surface area (Å²) in [5.74, 6) is 0. The van der Waals surface area contributed by atoms with Crippen LogP contribution in [0, 0.1) is 0 Å². The zero-order valence-electron chi connectivity index (χ0n) is 10.7. The van der Waals surface area contributed by atoms with E-state index in [0.717, 1.165) is 30.1 Å². The average Bonchev–Trinajstić information content (AvgIpc) is 2.89. The first-order chi connectivity index (χ1) is 9.29. The molecule has 0 saturated heterocycles. The fourth-order valence-electron chi connectivity index (χ4n) is 2.75. The molecule has 2 N–H and O–H groups in total. The lowest BCUT2D eigenvalue weighted by Crippen LogP contribution is -2.37. The molecule has 1 atom stereocenters. The van der Waals surface area contributed by atoms with E-state index in [2.05, 4.69) is 22.4 Å². The first-order valence-corrected chi connectivity index (χ1v) is 7.79. The normalized spacial score (nSPS) is 17.2. The minimum atomic E-state index is 0.210. The number of rotatable bonds is 3. The number of nitrogens with two attached hydrogens (primary N) is 1. The minimum Gasteiger partial charge on any atom is -0.329 e. The molecule has 1 aliphatic heterocycles. The van der Waals surface area contributed by atoms with Crippen LogP contribution in [0.25, 0.3) is 0 Å². The van der Waals surface area contributed by atoms with Crippen LogP contribution in [0.1, 0.15) is 22.0 Å². The molecule has 1 aliphatic rings. The van der Waals surface area contributed by atoms with Gasteiger partial charge in [0.05, 0.1) is 0 Å². The molecule has 0 radical (unpaired) electrons. The van der Waals surface area contributed by atoms with E-state index in [1.807, 2.05) is 29.5 Å². The summed E-state index contributed by atoms with van der Waals surface area (Å²) in [5, 5.41) is 3.00. The molecule has 1 aromatic heterocycles. The molecular weight excluding hydrogens is 276 g/mol. The maximum atomic E-state index is 6.32. The minimum absolute atomic E-state index is 0.210. The number of hydrogen-bond donors (Lipinski definition) is 1. The van der Waals surface area contributed by atoms with Crippen molar-refractivity contribution in [2.45, 2.75) is 19.0 Å². The quantitative estimate of drug-likeness (QED) is 0.939. The maximum absolute atomic E-state index is 6.32. The van der Waals surface area contributed by atoms with Crippen LogP contribution in [0.2, 0.25) is 5.02 Å². The Hall–Kier alpha value is -0.870. The van der Waals surface area contributed by atoms with Gasteiger partial charge in [0, 0.05) is 35.6 Å². The van der Waals surface area contributed by atoms with E-state index in [9.17, 15) is 0 Å². The summed E-state index contributed by atoms with van der Waals surface area (Å²) in [6, 6.07) is 10.5. The van der Waals surface area contributed by atoms with E-state index < -0.39 is 0 Å². The highest BCUT2D eigenvalue weighted by molar-refractivity contribution is 7.10. The lowest BCUT2D eigenvalue weighted by molar-refractivity contribution is 0.185. The van der Waals surface area contributed by atoms with Crippen LogP contribution >= 0.6 is 22.9 Å². The molecule has 3 rings (SSSR count). The van der Waals surface area contributed by atoms with Crippen molar-refractivity contribution in [3.63, 3.8) is 0 Å². The Morgan fingerprint density at radius 2 is 2.16 bits per heavy atom. The van der Waals surface area contributed by atoms with E-state index in [1.165, 1.54) is 10.4 Å². The lowest BCUT2D eigenvalue weighted by atomic mass is 10.0. The van der Waals surface area contributed by atoms with Gasteiger partial charge in [-0.1, -0.05) is 29.8 Å². The molecule has 2 aromatic rings. The van der Waals surface area contributed by atoms with Crippen LogP contribution in [0.3, 0.4) is 0 Å². The topological polar surface area (TPSA) is 29.3 Å². The smallest absolute Gasteiger partial charge is 0.0488 e. The molecular formula is C15H17ClN2S. The molecule has 1 aromatic carbocycles. The molecule has 4 heteroatoms. The number of hydrogen-bond acceptors (Lipinski definition) is 3. The Morgan fingerprint density at radius 3 is 2.95 bits per heavy atom. The summed E-state index contributed by atoms with van der Waals surface area (Å²) >= 11 is 8.18. The number of benzene rings is 1. The van der Waals surface area contributed by atoms with Gasteiger partial charge in [-0.2, -0.15) is 0 Å². The zero-order chi connectivity index (χ0) is 13.2. The molecule has 0 amide bonds. The van der Waals surface area contributed by atoms with Crippen molar-refractivity contribution in [2.24, 2.45) is 5.73 Å². The van der Waals surface area contributed by atoms with E-state index in [-0.39, 0.29) is 6.04 Å². The molecule has 0 bridgehead atoms. The predicted molar refractivity (Wildman–Crippen MR) is 81.7 cm³/mol. The van der Waals surface area contributed by atoms with Gasteiger partial charge in [-0.3, -0.25) is 4.90 Å². The molecule has 0 aliphatic carbocycles. The van der Waals surface area contributed by atoms with Crippen molar-refractivity contribution in [3.8, 4) is 0 Å². The van der Waals surface area contributed by atoms with Gasteiger partial charge >= 0.3 is 0 Å². The Labute approximate surface area is 122 Å². The van der Waals surface area contributed by atoms with Gasteiger partial charge in [0.2, 0.25) is 0 Å². The summed E-state index contributed by atoms with van der Waals surface area (Å²) < 4.78 is 0. The largest absolute Gasteiger partial charge is 0.329 e. The molecule has 0 spiro atoms. The summed E-state index contributed by atoms with van der Waals surface area (Å²) in [6.45, 7) is 2.63. The van der Waals surface area contributed by atoms with E-state index in [0.29, 0.717) is 6.54 Å². The van der Waals surface area contributed by atoms with Gasteiger partial charge < -0.3 is 5.73 Å².